The number of hydrogen-bond donors (Lipinski definition) is 1. The van der Waals surface area contributed by atoms with E-state index in [1.807, 2.05) is 0 Å². The Morgan fingerprint density at radius 3 is 2.95 bits per heavy atom. The highest BCUT2D eigenvalue weighted by Gasteiger charge is 2.25. The van der Waals surface area contributed by atoms with E-state index in [0.717, 1.165) is 19.4 Å². The first kappa shape index (κ1) is 13.8. The summed E-state index contributed by atoms with van der Waals surface area (Å²) in [6.45, 7) is 1.67. The van der Waals surface area contributed by atoms with Crippen LogP contribution in [0, 0.1) is 5.82 Å². The van der Waals surface area contributed by atoms with Crippen LogP contribution in [0.4, 0.5) is 10.1 Å². The number of benzene rings is 1. The molecule has 0 saturated carbocycles. The third-order valence-corrected chi connectivity index (χ3v) is 3.72. The standard InChI is InChI=1S/C14H20FN3O/c1-17-7-3-4-11(17)9-18(2)14(19)12-8-10(16)5-6-13(12)15/h5-6,8,11H,3-4,7,9,16H2,1-2H3. The van der Waals surface area contributed by atoms with Crippen molar-refractivity contribution in [1.29, 1.82) is 0 Å². The van der Waals surface area contributed by atoms with Gasteiger partial charge in [-0.3, -0.25) is 4.79 Å². The second-order valence-corrected chi connectivity index (χ2v) is 5.20. The topological polar surface area (TPSA) is 49.6 Å². The van der Waals surface area contributed by atoms with Gasteiger partial charge in [0.25, 0.3) is 5.91 Å². The minimum Gasteiger partial charge on any atom is -0.399 e. The molecule has 1 aromatic carbocycles. The monoisotopic (exact) mass is 265 g/mol. The molecule has 0 spiro atoms. The van der Waals surface area contributed by atoms with Gasteiger partial charge in [0, 0.05) is 25.3 Å². The zero-order chi connectivity index (χ0) is 14.0. The Hall–Kier alpha value is -1.62. The Morgan fingerprint density at radius 2 is 2.32 bits per heavy atom. The molecule has 1 fully saturated rings. The Balaban J connectivity index is 2.08. The van der Waals surface area contributed by atoms with E-state index < -0.39 is 5.82 Å². The van der Waals surface area contributed by atoms with Gasteiger partial charge >= 0.3 is 0 Å². The lowest BCUT2D eigenvalue weighted by Gasteiger charge is -2.26. The fourth-order valence-corrected chi connectivity index (χ4v) is 2.52. The van der Waals surface area contributed by atoms with Crippen molar-refractivity contribution in [2.45, 2.75) is 18.9 Å². The molecule has 104 valence electrons. The lowest BCUT2D eigenvalue weighted by molar-refractivity contribution is 0.0757. The smallest absolute Gasteiger partial charge is 0.256 e. The van der Waals surface area contributed by atoms with Gasteiger partial charge in [-0.05, 0) is 44.6 Å². The van der Waals surface area contributed by atoms with Gasteiger partial charge in [0.05, 0.1) is 5.56 Å². The van der Waals surface area contributed by atoms with Gasteiger partial charge in [0.2, 0.25) is 0 Å². The van der Waals surface area contributed by atoms with Gasteiger partial charge in [-0.15, -0.1) is 0 Å². The van der Waals surface area contributed by atoms with Crippen molar-refractivity contribution in [3.63, 3.8) is 0 Å². The Morgan fingerprint density at radius 1 is 1.58 bits per heavy atom. The molecule has 2 rings (SSSR count). The summed E-state index contributed by atoms with van der Waals surface area (Å²) >= 11 is 0. The summed E-state index contributed by atoms with van der Waals surface area (Å²) in [7, 11) is 3.76. The summed E-state index contributed by atoms with van der Waals surface area (Å²) in [5.41, 5.74) is 6.05. The second kappa shape index (κ2) is 5.57. The van der Waals surface area contributed by atoms with Gasteiger partial charge in [-0.2, -0.15) is 0 Å². The van der Waals surface area contributed by atoms with E-state index in [1.165, 1.54) is 18.2 Å². The van der Waals surface area contributed by atoms with Crippen molar-refractivity contribution in [2.24, 2.45) is 0 Å². The highest BCUT2D eigenvalue weighted by molar-refractivity contribution is 5.95. The quantitative estimate of drug-likeness (QED) is 0.844. The molecule has 1 unspecified atom stereocenters. The molecule has 0 aromatic heterocycles. The number of halogens is 1. The molecular weight excluding hydrogens is 245 g/mol. The van der Waals surface area contributed by atoms with Crippen LogP contribution in [0.3, 0.4) is 0 Å². The molecule has 1 aliphatic rings. The second-order valence-electron chi connectivity index (χ2n) is 5.20. The van der Waals surface area contributed by atoms with E-state index in [2.05, 4.69) is 11.9 Å². The molecule has 1 aromatic rings. The predicted molar refractivity (Wildman–Crippen MR) is 73.4 cm³/mol. The first-order valence-electron chi connectivity index (χ1n) is 6.50. The minimum absolute atomic E-state index is 0.0446. The fourth-order valence-electron chi connectivity index (χ4n) is 2.52. The summed E-state index contributed by atoms with van der Waals surface area (Å²) in [5, 5.41) is 0. The molecule has 1 aliphatic heterocycles. The van der Waals surface area contributed by atoms with Crippen LogP contribution in [0.2, 0.25) is 0 Å². The van der Waals surface area contributed by atoms with Crippen molar-refractivity contribution in [3.8, 4) is 0 Å². The number of amides is 1. The lowest BCUT2D eigenvalue weighted by atomic mass is 10.1. The summed E-state index contributed by atoms with van der Waals surface area (Å²) in [6.07, 6.45) is 2.23. The Labute approximate surface area is 113 Å². The molecule has 5 heteroatoms. The summed E-state index contributed by atoms with van der Waals surface area (Å²) < 4.78 is 13.7. The molecule has 1 saturated heterocycles. The number of likely N-dealkylation sites (tertiary alicyclic amines) is 1. The van der Waals surface area contributed by atoms with E-state index >= 15 is 0 Å². The van der Waals surface area contributed by atoms with Crippen molar-refractivity contribution in [2.75, 3.05) is 32.9 Å². The van der Waals surface area contributed by atoms with Crippen LogP contribution in [0.15, 0.2) is 18.2 Å². The first-order chi connectivity index (χ1) is 8.99. The average Bonchev–Trinajstić information content (AvgIpc) is 2.77. The van der Waals surface area contributed by atoms with Gasteiger partial charge in [0.15, 0.2) is 0 Å². The van der Waals surface area contributed by atoms with Crippen LogP contribution in [-0.4, -0.2) is 48.9 Å². The summed E-state index contributed by atoms with van der Waals surface area (Å²) in [6, 6.07) is 4.44. The fraction of sp³-hybridized carbons (Fsp3) is 0.500. The minimum atomic E-state index is -0.522. The third-order valence-electron chi connectivity index (χ3n) is 3.72. The van der Waals surface area contributed by atoms with E-state index in [1.54, 1.807) is 11.9 Å². The molecule has 1 atom stereocenters. The van der Waals surface area contributed by atoms with E-state index in [0.29, 0.717) is 18.3 Å². The third kappa shape index (κ3) is 3.04. The molecule has 19 heavy (non-hydrogen) atoms. The molecule has 1 amide bonds. The van der Waals surface area contributed by atoms with Crippen LogP contribution in [-0.2, 0) is 0 Å². The number of carbonyl (C=O) groups excluding carboxylic acids is 1. The van der Waals surface area contributed by atoms with Crippen molar-refractivity contribution in [3.05, 3.63) is 29.6 Å². The maximum absolute atomic E-state index is 13.7. The van der Waals surface area contributed by atoms with E-state index in [4.69, 9.17) is 5.73 Å². The van der Waals surface area contributed by atoms with Gasteiger partial charge < -0.3 is 15.5 Å². The number of rotatable bonds is 3. The largest absolute Gasteiger partial charge is 0.399 e. The number of nitrogens with two attached hydrogens (primary N) is 1. The maximum Gasteiger partial charge on any atom is 0.256 e. The molecular formula is C14H20FN3O. The number of nitrogen functional groups attached to an aromatic ring is 1. The van der Waals surface area contributed by atoms with E-state index in [-0.39, 0.29) is 11.5 Å². The zero-order valence-electron chi connectivity index (χ0n) is 11.4. The number of carbonyl (C=O) groups is 1. The first-order valence-corrected chi connectivity index (χ1v) is 6.50. The van der Waals surface area contributed by atoms with Gasteiger partial charge in [0.1, 0.15) is 5.82 Å². The molecule has 0 aliphatic carbocycles. The number of anilines is 1. The highest BCUT2D eigenvalue weighted by atomic mass is 19.1. The normalized spacial score (nSPS) is 19.6. The molecule has 2 N–H and O–H groups in total. The molecule has 4 nitrogen and oxygen atoms in total. The predicted octanol–water partition coefficient (Wildman–Crippen LogP) is 1.57. The van der Waals surface area contributed by atoms with Crippen LogP contribution in [0.5, 0.6) is 0 Å². The molecule has 1 heterocycles. The number of likely N-dealkylation sites (N-methyl/N-ethyl adjacent to an activating group) is 2. The lowest BCUT2D eigenvalue weighted by Crippen LogP contribution is -2.39. The zero-order valence-corrected chi connectivity index (χ0v) is 11.4. The summed E-state index contributed by atoms with van der Waals surface area (Å²) in [4.78, 5) is 16.0. The number of nitrogens with zero attached hydrogens (tertiary/aromatic N) is 2. The van der Waals surface area contributed by atoms with E-state index in [9.17, 15) is 9.18 Å². The van der Waals surface area contributed by atoms with Gasteiger partial charge in [-0.1, -0.05) is 0 Å². The van der Waals surface area contributed by atoms with Crippen molar-refractivity contribution in [1.82, 2.24) is 9.80 Å². The van der Waals surface area contributed by atoms with Gasteiger partial charge in [-0.25, -0.2) is 4.39 Å². The van der Waals surface area contributed by atoms with Crippen LogP contribution in [0.25, 0.3) is 0 Å². The Kier molecular flexibility index (Phi) is 4.04. The van der Waals surface area contributed by atoms with Crippen LogP contribution < -0.4 is 5.73 Å². The van der Waals surface area contributed by atoms with Crippen LogP contribution >= 0.6 is 0 Å². The SMILES string of the molecule is CN(CC1CCCN1C)C(=O)c1cc(N)ccc1F. The summed E-state index contributed by atoms with van der Waals surface area (Å²) in [5.74, 6) is -0.837. The molecule has 0 radical (unpaired) electrons. The van der Waals surface area contributed by atoms with Crippen LogP contribution in [0.1, 0.15) is 23.2 Å². The molecule has 0 bridgehead atoms. The average molecular weight is 265 g/mol. The van der Waals surface area contributed by atoms with Crippen molar-refractivity contribution < 1.29 is 9.18 Å². The Bertz CT molecular complexity index is 478. The highest BCUT2D eigenvalue weighted by Crippen LogP contribution is 2.18. The maximum atomic E-state index is 13.7. The number of hydrogen-bond acceptors (Lipinski definition) is 3. The van der Waals surface area contributed by atoms with Crippen molar-refractivity contribution >= 4 is 11.6 Å².